The SMILES string of the molecule is COc1cc(/C(O)=C2\C(=O)C(=O)N(c3ccc(Cl)cc3C)C2c2ccc(C(C)(C)C)cc2)ccc1Cl. The largest absolute Gasteiger partial charge is 0.507 e. The molecule has 1 fully saturated rings. The molecule has 36 heavy (non-hydrogen) atoms. The van der Waals surface area contributed by atoms with Crippen LogP contribution in [-0.4, -0.2) is 23.9 Å². The molecule has 1 amide bonds. The Morgan fingerprint density at radius 2 is 1.64 bits per heavy atom. The summed E-state index contributed by atoms with van der Waals surface area (Å²) < 4.78 is 5.28. The fourth-order valence-corrected chi connectivity index (χ4v) is 4.83. The summed E-state index contributed by atoms with van der Waals surface area (Å²) in [6, 6.07) is 16.7. The Bertz CT molecular complexity index is 1390. The highest BCUT2D eigenvalue weighted by atomic mass is 35.5. The van der Waals surface area contributed by atoms with E-state index < -0.39 is 17.7 Å². The zero-order valence-corrected chi connectivity index (χ0v) is 22.2. The fraction of sp³-hybridized carbons (Fsp3) is 0.241. The number of carbonyl (C=O) groups excluding carboxylic acids is 2. The Kier molecular flexibility index (Phi) is 6.91. The number of carbonyl (C=O) groups is 2. The predicted octanol–water partition coefficient (Wildman–Crippen LogP) is 7.23. The van der Waals surface area contributed by atoms with Gasteiger partial charge in [-0.25, -0.2) is 0 Å². The summed E-state index contributed by atoms with van der Waals surface area (Å²) in [6.45, 7) is 8.15. The Labute approximate surface area is 220 Å². The molecule has 0 saturated carbocycles. The van der Waals surface area contributed by atoms with Crippen molar-refractivity contribution < 1.29 is 19.4 Å². The van der Waals surface area contributed by atoms with Gasteiger partial charge in [0.05, 0.1) is 23.7 Å². The molecule has 1 aliphatic rings. The number of aliphatic hydroxyl groups is 1. The van der Waals surface area contributed by atoms with Gasteiger partial charge in [-0.05, 0) is 65.4 Å². The van der Waals surface area contributed by atoms with Gasteiger partial charge in [0, 0.05) is 16.3 Å². The number of aryl methyl sites for hydroxylation is 1. The van der Waals surface area contributed by atoms with Crippen LogP contribution in [-0.2, 0) is 15.0 Å². The van der Waals surface area contributed by atoms with Gasteiger partial charge in [-0.3, -0.25) is 14.5 Å². The van der Waals surface area contributed by atoms with Gasteiger partial charge in [0.25, 0.3) is 11.7 Å². The van der Waals surface area contributed by atoms with Crippen molar-refractivity contribution >= 4 is 46.3 Å². The molecule has 0 aromatic heterocycles. The lowest BCUT2D eigenvalue weighted by Gasteiger charge is -2.28. The molecule has 3 aromatic carbocycles. The zero-order chi connectivity index (χ0) is 26.4. The van der Waals surface area contributed by atoms with Gasteiger partial charge in [0.1, 0.15) is 11.5 Å². The number of Topliss-reactive ketones (excluding diaryl/α,β-unsaturated/α-hetero) is 1. The third kappa shape index (κ3) is 4.61. The first-order valence-corrected chi connectivity index (χ1v) is 12.2. The van der Waals surface area contributed by atoms with E-state index in [1.807, 2.05) is 31.2 Å². The summed E-state index contributed by atoms with van der Waals surface area (Å²) in [5, 5.41) is 12.3. The molecule has 1 saturated heterocycles. The van der Waals surface area contributed by atoms with E-state index in [9.17, 15) is 14.7 Å². The van der Waals surface area contributed by atoms with Crippen molar-refractivity contribution in [3.8, 4) is 5.75 Å². The van der Waals surface area contributed by atoms with E-state index in [0.717, 1.165) is 11.1 Å². The minimum Gasteiger partial charge on any atom is -0.507 e. The van der Waals surface area contributed by atoms with Gasteiger partial charge in [-0.15, -0.1) is 0 Å². The van der Waals surface area contributed by atoms with Crippen molar-refractivity contribution in [1.82, 2.24) is 0 Å². The van der Waals surface area contributed by atoms with Gasteiger partial charge in [0.2, 0.25) is 0 Å². The number of hydrogen-bond acceptors (Lipinski definition) is 4. The summed E-state index contributed by atoms with van der Waals surface area (Å²) in [4.78, 5) is 28.3. The van der Waals surface area contributed by atoms with Gasteiger partial charge < -0.3 is 9.84 Å². The first-order chi connectivity index (χ1) is 16.9. The van der Waals surface area contributed by atoms with E-state index in [-0.39, 0.29) is 16.7 Å². The number of nitrogens with zero attached hydrogens (tertiary/aromatic N) is 1. The molecule has 1 N–H and O–H groups in total. The Morgan fingerprint density at radius 1 is 0.972 bits per heavy atom. The smallest absolute Gasteiger partial charge is 0.300 e. The van der Waals surface area contributed by atoms with Crippen LogP contribution >= 0.6 is 23.2 Å². The minimum absolute atomic E-state index is 0.0118. The first kappa shape index (κ1) is 25.8. The van der Waals surface area contributed by atoms with Crippen LogP contribution in [0.15, 0.2) is 66.2 Å². The van der Waals surface area contributed by atoms with Gasteiger partial charge in [-0.2, -0.15) is 0 Å². The van der Waals surface area contributed by atoms with Crippen molar-refractivity contribution in [3.05, 3.63) is 98.5 Å². The maximum absolute atomic E-state index is 13.4. The molecule has 0 radical (unpaired) electrons. The summed E-state index contributed by atoms with van der Waals surface area (Å²) in [5.74, 6) is -1.47. The highest BCUT2D eigenvalue weighted by Crippen LogP contribution is 2.44. The maximum Gasteiger partial charge on any atom is 0.300 e. The number of aliphatic hydroxyl groups excluding tert-OH is 1. The monoisotopic (exact) mass is 523 g/mol. The molecule has 1 aliphatic heterocycles. The zero-order valence-electron chi connectivity index (χ0n) is 20.7. The molecule has 186 valence electrons. The molecular formula is C29H27Cl2NO4. The van der Waals surface area contributed by atoms with Crippen molar-refractivity contribution in [2.75, 3.05) is 12.0 Å². The average molecular weight is 524 g/mol. The number of hydrogen-bond donors (Lipinski definition) is 1. The third-order valence-corrected chi connectivity index (χ3v) is 6.93. The molecule has 0 aliphatic carbocycles. The van der Waals surface area contributed by atoms with Gasteiger partial charge in [-0.1, -0.05) is 68.2 Å². The fourth-order valence-electron chi connectivity index (χ4n) is 4.41. The van der Waals surface area contributed by atoms with Gasteiger partial charge >= 0.3 is 0 Å². The summed E-state index contributed by atoms with van der Waals surface area (Å²) in [7, 11) is 1.46. The number of anilines is 1. The Morgan fingerprint density at radius 3 is 2.22 bits per heavy atom. The molecule has 1 atom stereocenters. The van der Waals surface area contributed by atoms with Crippen LogP contribution in [0.1, 0.15) is 49.1 Å². The third-order valence-electron chi connectivity index (χ3n) is 6.38. The highest BCUT2D eigenvalue weighted by Gasteiger charge is 2.47. The van der Waals surface area contributed by atoms with Crippen LogP contribution in [0.25, 0.3) is 5.76 Å². The summed E-state index contributed by atoms with van der Waals surface area (Å²) in [5.41, 5.74) is 3.30. The van der Waals surface area contributed by atoms with Crippen LogP contribution in [0, 0.1) is 6.92 Å². The van der Waals surface area contributed by atoms with E-state index in [1.54, 1.807) is 36.4 Å². The number of benzene rings is 3. The molecule has 1 heterocycles. The van der Waals surface area contributed by atoms with Crippen molar-refractivity contribution in [1.29, 1.82) is 0 Å². The lowest BCUT2D eigenvalue weighted by Crippen LogP contribution is -2.30. The second-order valence-electron chi connectivity index (χ2n) is 9.82. The van der Waals surface area contributed by atoms with Crippen LogP contribution in [0.5, 0.6) is 5.75 Å². The number of ether oxygens (including phenoxy) is 1. The number of rotatable bonds is 4. The Balaban J connectivity index is 1.96. The molecule has 0 bridgehead atoms. The lowest BCUT2D eigenvalue weighted by atomic mass is 9.85. The second kappa shape index (κ2) is 9.64. The predicted molar refractivity (Wildman–Crippen MR) is 144 cm³/mol. The van der Waals surface area contributed by atoms with E-state index in [4.69, 9.17) is 27.9 Å². The van der Waals surface area contributed by atoms with Crippen LogP contribution in [0.4, 0.5) is 5.69 Å². The van der Waals surface area contributed by atoms with Crippen LogP contribution < -0.4 is 9.64 Å². The molecule has 5 nitrogen and oxygen atoms in total. The number of methoxy groups -OCH3 is 1. The molecular weight excluding hydrogens is 497 g/mol. The normalized spacial score (nSPS) is 17.5. The van der Waals surface area contributed by atoms with Crippen molar-refractivity contribution in [2.24, 2.45) is 0 Å². The minimum atomic E-state index is -0.847. The van der Waals surface area contributed by atoms with Crippen LogP contribution in [0.3, 0.4) is 0 Å². The number of ketones is 1. The molecule has 3 aromatic rings. The Hall–Kier alpha value is -3.28. The molecule has 1 unspecified atom stereocenters. The van der Waals surface area contributed by atoms with Gasteiger partial charge in [0.15, 0.2) is 0 Å². The molecule has 7 heteroatoms. The van der Waals surface area contributed by atoms with E-state index >= 15 is 0 Å². The lowest BCUT2D eigenvalue weighted by molar-refractivity contribution is -0.132. The number of halogens is 2. The topological polar surface area (TPSA) is 66.8 Å². The second-order valence-corrected chi connectivity index (χ2v) is 10.7. The molecule has 4 rings (SSSR count). The van der Waals surface area contributed by atoms with E-state index in [0.29, 0.717) is 32.6 Å². The van der Waals surface area contributed by atoms with E-state index in [1.165, 1.54) is 12.0 Å². The van der Waals surface area contributed by atoms with Crippen molar-refractivity contribution in [2.45, 2.75) is 39.2 Å². The van der Waals surface area contributed by atoms with Crippen LogP contribution in [0.2, 0.25) is 10.0 Å². The highest BCUT2D eigenvalue weighted by molar-refractivity contribution is 6.52. The summed E-state index contributed by atoms with van der Waals surface area (Å²) >= 11 is 12.3. The number of amides is 1. The van der Waals surface area contributed by atoms with Crippen molar-refractivity contribution in [3.63, 3.8) is 0 Å². The average Bonchev–Trinajstić information content (AvgIpc) is 3.09. The maximum atomic E-state index is 13.4. The standard InChI is InChI=1S/C29H27Cl2NO4/c1-16-14-20(30)11-13-22(16)32-25(17-6-9-19(10-7-17)29(2,3)4)24(27(34)28(32)35)26(33)18-8-12-21(31)23(15-18)36-5/h6-15,25,33H,1-5H3/b26-24+. The quantitative estimate of drug-likeness (QED) is 0.222. The molecule has 0 spiro atoms. The first-order valence-electron chi connectivity index (χ1n) is 11.5. The van der Waals surface area contributed by atoms with E-state index in [2.05, 4.69) is 20.8 Å². The summed E-state index contributed by atoms with van der Waals surface area (Å²) in [6.07, 6.45) is 0.